The number of carboxylic acid groups (broad SMARTS) is 1. The third-order valence-corrected chi connectivity index (χ3v) is 6.65. The Labute approximate surface area is 195 Å². The number of hydrogen-bond acceptors (Lipinski definition) is 4. The molecule has 2 amide bonds. The zero-order chi connectivity index (χ0) is 24.5. The van der Waals surface area contributed by atoms with Crippen LogP contribution in [0, 0.1) is 5.92 Å². The summed E-state index contributed by atoms with van der Waals surface area (Å²) in [6, 6.07) is 14.7. The Morgan fingerprint density at radius 1 is 1.09 bits per heavy atom. The number of likely N-dealkylation sites (tertiary alicyclic amines) is 1. The van der Waals surface area contributed by atoms with Crippen molar-refractivity contribution in [3.63, 3.8) is 0 Å². The Bertz CT molecular complexity index is 1060. The number of benzene rings is 2. The van der Waals surface area contributed by atoms with E-state index in [9.17, 15) is 28.3 Å². The van der Waals surface area contributed by atoms with Crippen LogP contribution in [0.5, 0.6) is 0 Å². The zero-order valence-corrected chi connectivity index (χ0v) is 18.7. The molecule has 2 unspecified atom stereocenters. The quantitative estimate of drug-likeness (QED) is 0.638. The molecular formula is C25H26F2N2O5. The molecule has 0 radical (unpaired) electrons. The fourth-order valence-corrected chi connectivity index (χ4v) is 5.02. The SMILES string of the molecule is CCC1C(C(=O)O)CCN1C(=O)C(F)(F)CNC(=O)OCC1c2ccccc2-c2ccccc21. The van der Waals surface area contributed by atoms with Crippen LogP contribution >= 0.6 is 0 Å². The minimum atomic E-state index is -3.88. The number of carbonyl (C=O) groups is 3. The second kappa shape index (κ2) is 9.40. The summed E-state index contributed by atoms with van der Waals surface area (Å²) in [4.78, 5) is 36.9. The molecule has 1 fully saturated rings. The summed E-state index contributed by atoms with van der Waals surface area (Å²) < 4.78 is 34.4. The maximum absolute atomic E-state index is 14.6. The molecule has 1 aliphatic heterocycles. The minimum absolute atomic E-state index is 0.0380. The van der Waals surface area contributed by atoms with Gasteiger partial charge in [-0.15, -0.1) is 0 Å². The molecule has 7 nitrogen and oxygen atoms in total. The lowest BCUT2D eigenvalue weighted by molar-refractivity contribution is -0.158. The van der Waals surface area contributed by atoms with Crippen LogP contribution in [0.3, 0.4) is 0 Å². The number of fused-ring (bicyclic) bond motifs is 3. The number of aliphatic carboxylic acids is 1. The van der Waals surface area contributed by atoms with Gasteiger partial charge in [0.2, 0.25) is 0 Å². The minimum Gasteiger partial charge on any atom is -0.481 e. The molecule has 34 heavy (non-hydrogen) atoms. The molecule has 0 aromatic heterocycles. The van der Waals surface area contributed by atoms with E-state index in [0.29, 0.717) is 0 Å². The van der Waals surface area contributed by atoms with Gasteiger partial charge in [-0.3, -0.25) is 9.59 Å². The Morgan fingerprint density at radius 2 is 1.68 bits per heavy atom. The number of nitrogens with one attached hydrogen (secondary N) is 1. The van der Waals surface area contributed by atoms with E-state index < -0.39 is 42.4 Å². The van der Waals surface area contributed by atoms with Crippen molar-refractivity contribution < 1.29 is 33.0 Å². The summed E-state index contributed by atoms with van der Waals surface area (Å²) in [5.74, 6) is -7.57. The number of alkyl halides is 2. The molecule has 2 atom stereocenters. The largest absolute Gasteiger partial charge is 0.481 e. The average Bonchev–Trinajstić information content (AvgIpc) is 3.40. The fraction of sp³-hybridized carbons (Fsp3) is 0.400. The summed E-state index contributed by atoms with van der Waals surface area (Å²) in [5, 5.41) is 11.3. The summed E-state index contributed by atoms with van der Waals surface area (Å²) >= 11 is 0. The number of ether oxygens (including phenoxy) is 1. The first kappa shape index (κ1) is 23.7. The van der Waals surface area contributed by atoms with Crippen LogP contribution in [0.15, 0.2) is 48.5 Å². The number of amides is 2. The Morgan fingerprint density at radius 3 is 2.24 bits per heavy atom. The van der Waals surface area contributed by atoms with Crippen molar-refractivity contribution in [1.82, 2.24) is 10.2 Å². The molecule has 2 aliphatic rings. The molecule has 4 rings (SSSR count). The summed E-state index contributed by atoms with van der Waals surface area (Å²) in [5.41, 5.74) is 4.06. The lowest BCUT2D eigenvalue weighted by Gasteiger charge is -2.29. The molecule has 0 saturated carbocycles. The normalized spacial score (nSPS) is 19.4. The van der Waals surface area contributed by atoms with Crippen LogP contribution in [0.2, 0.25) is 0 Å². The molecule has 0 bridgehead atoms. The first-order valence-corrected chi connectivity index (χ1v) is 11.2. The van der Waals surface area contributed by atoms with Gasteiger partial charge in [-0.05, 0) is 35.1 Å². The molecule has 1 heterocycles. The summed E-state index contributed by atoms with van der Waals surface area (Å²) in [7, 11) is 0. The number of carbonyl (C=O) groups excluding carboxylic acids is 2. The molecular weight excluding hydrogens is 446 g/mol. The van der Waals surface area contributed by atoms with E-state index in [2.05, 4.69) is 0 Å². The number of rotatable bonds is 7. The maximum Gasteiger partial charge on any atom is 0.407 e. The monoisotopic (exact) mass is 472 g/mol. The van der Waals surface area contributed by atoms with E-state index in [4.69, 9.17) is 4.74 Å². The zero-order valence-electron chi connectivity index (χ0n) is 18.7. The lowest BCUT2D eigenvalue weighted by atomic mass is 9.98. The number of alkyl carbamates (subject to hydrolysis) is 1. The molecule has 9 heteroatoms. The number of carboxylic acids is 1. The fourth-order valence-electron chi connectivity index (χ4n) is 5.02. The van der Waals surface area contributed by atoms with Crippen LogP contribution in [-0.4, -0.2) is 59.6 Å². The Hall–Kier alpha value is -3.49. The van der Waals surface area contributed by atoms with Gasteiger partial charge in [0.1, 0.15) is 6.61 Å². The van der Waals surface area contributed by atoms with E-state index in [1.807, 2.05) is 53.8 Å². The summed E-state index contributed by atoms with van der Waals surface area (Å²) in [6.45, 7) is 0.324. The highest BCUT2D eigenvalue weighted by Gasteiger charge is 2.49. The van der Waals surface area contributed by atoms with Crippen molar-refractivity contribution in [3.8, 4) is 11.1 Å². The number of halogens is 2. The first-order chi connectivity index (χ1) is 16.2. The second-order valence-corrected chi connectivity index (χ2v) is 8.59. The third-order valence-electron chi connectivity index (χ3n) is 6.65. The van der Waals surface area contributed by atoms with E-state index in [0.717, 1.165) is 27.2 Å². The van der Waals surface area contributed by atoms with Gasteiger partial charge in [-0.25, -0.2) is 4.79 Å². The van der Waals surface area contributed by atoms with Gasteiger partial charge >= 0.3 is 18.0 Å². The average molecular weight is 472 g/mol. The van der Waals surface area contributed by atoms with Gasteiger partial charge in [-0.2, -0.15) is 8.78 Å². The van der Waals surface area contributed by atoms with Crippen LogP contribution in [0.4, 0.5) is 13.6 Å². The predicted molar refractivity (Wildman–Crippen MR) is 120 cm³/mol. The standard InChI is InChI=1S/C25H26F2N2O5/c1-2-21-19(22(30)31)11-12-29(21)23(32)25(26,27)14-28-24(33)34-13-20-17-9-5-3-7-15(17)16-8-4-6-10-18(16)20/h3-10,19-21H,2,11-14H2,1H3,(H,28,33)(H,30,31). The van der Waals surface area contributed by atoms with Gasteiger partial charge < -0.3 is 20.1 Å². The molecule has 2 aromatic carbocycles. The highest BCUT2D eigenvalue weighted by atomic mass is 19.3. The van der Waals surface area contributed by atoms with E-state index in [-0.39, 0.29) is 31.9 Å². The van der Waals surface area contributed by atoms with Crippen molar-refractivity contribution in [2.24, 2.45) is 5.92 Å². The van der Waals surface area contributed by atoms with Crippen molar-refractivity contribution in [2.75, 3.05) is 19.7 Å². The van der Waals surface area contributed by atoms with E-state index >= 15 is 0 Å². The maximum atomic E-state index is 14.6. The van der Waals surface area contributed by atoms with Crippen LogP contribution in [-0.2, 0) is 14.3 Å². The molecule has 2 aromatic rings. The van der Waals surface area contributed by atoms with Crippen molar-refractivity contribution in [3.05, 3.63) is 59.7 Å². The van der Waals surface area contributed by atoms with Gasteiger partial charge in [0.15, 0.2) is 0 Å². The van der Waals surface area contributed by atoms with E-state index in [1.165, 1.54) is 0 Å². The highest BCUT2D eigenvalue weighted by Crippen LogP contribution is 2.44. The van der Waals surface area contributed by atoms with Gasteiger partial charge in [0, 0.05) is 18.5 Å². The Balaban J connectivity index is 1.35. The van der Waals surface area contributed by atoms with Crippen LogP contribution < -0.4 is 5.32 Å². The molecule has 2 N–H and O–H groups in total. The van der Waals surface area contributed by atoms with Crippen molar-refractivity contribution >= 4 is 18.0 Å². The topological polar surface area (TPSA) is 95.9 Å². The highest BCUT2D eigenvalue weighted by molar-refractivity contribution is 5.86. The van der Waals surface area contributed by atoms with E-state index in [1.54, 1.807) is 6.92 Å². The predicted octanol–water partition coefficient (Wildman–Crippen LogP) is 3.87. The van der Waals surface area contributed by atoms with Crippen LogP contribution in [0.1, 0.15) is 36.8 Å². The Kier molecular flexibility index (Phi) is 6.54. The van der Waals surface area contributed by atoms with Crippen molar-refractivity contribution in [2.45, 2.75) is 37.6 Å². The molecule has 1 aliphatic carbocycles. The van der Waals surface area contributed by atoms with Gasteiger partial charge in [-0.1, -0.05) is 55.5 Å². The third kappa shape index (κ3) is 4.34. The number of hydrogen-bond donors (Lipinski definition) is 2. The van der Waals surface area contributed by atoms with Crippen LogP contribution in [0.25, 0.3) is 11.1 Å². The van der Waals surface area contributed by atoms with Gasteiger partial charge in [0.05, 0.1) is 12.5 Å². The lowest BCUT2D eigenvalue weighted by Crippen LogP contribution is -2.52. The van der Waals surface area contributed by atoms with Crippen molar-refractivity contribution in [1.29, 1.82) is 0 Å². The molecule has 0 spiro atoms. The molecule has 180 valence electrons. The van der Waals surface area contributed by atoms with Gasteiger partial charge in [0.25, 0.3) is 5.91 Å². The number of nitrogens with zero attached hydrogens (tertiary/aromatic N) is 1. The molecule has 1 saturated heterocycles. The second-order valence-electron chi connectivity index (χ2n) is 8.59. The smallest absolute Gasteiger partial charge is 0.407 e. The summed E-state index contributed by atoms with van der Waals surface area (Å²) in [6.07, 6.45) is -0.681. The first-order valence-electron chi connectivity index (χ1n) is 11.2.